The molecule has 0 N–H and O–H groups in total. The Kier molecular flexibility index (Phi) is 6.05. The molecule has 0 spiro atoms. The Labute approximate surface area is 139 Å². The summed E-state index contributed by atoms with van der Waals surface area (Å²) in [7, 11) is 1.42. The molecule has 0 atom stereocenters. The third-order valence-corrected chi connectivity index (χ3v) is 4.04. The summed E-state index contributed by atoms with van der Waals surface area (Å²) in [6.45, 7) is 3.79. The second-order valence-electron chi connectivity index (χ2n) is 5.16. The normalized spacial score (nSPS) is 15.3. The molecule has 0 saturated carbocycles. The van der Waals surface area contributed by atoms with E-state index in [2.05, 4.69) is 26.9 Å². The van der Waals surface area contributed by atoms with Crippen LogP contribution in [0, 0.1) is 10.1 Å². The smallest absolute Gasteiger partial charge is 0.318 e. The Bertz CT molecular complexity index is 576. The van der Waals surface area contributed by atoms with E-state index in [1.165, 1.54) is 13.2 Å². The van der Waals surface area contributed by atoms with Crippen LogP contribution in [0.5, 0.6) is 5.75 Å². The number of hydrogen-bond donors (Lipinski definition) is 1. The van der Waals surface area contributed by atoms with E-state index in [4.69, 9.17) is 4.74 Å². The van der Waals surface area contributed by atoms with E-state index < -0.39 is 4.92 Å². The number of hydrogen-bond acceptors (Lipinski definition) is 8. The highest BCUT2D eigenvalue weighted by Gasteiger charge is 2.21. The molecule has 1 heterocycles. The van der Waals surface area contributed by atoms with E-state index >= 15 is 0 Å². The summed E-state index contributed by atoms with van der Waals surface area (Å²) in [5.74, 6) is -0.0812. The zero-order valence-corrected chi connectivity index (χ0v) is 13.7. The molecule has 0 bridgehead atoms. The van der Waals surface area contributed by atoms with Crippen LogP contribution in [0.4, 0.5) is 11.4 Å². The predicted molar refractivity (Wildman–Crippen MR) is 88.0 cm³/mol. The quantitative estimate of drug-likeness (QED) is 0.363. The highest BCUT2D eigenvalue weighted by atomic mass is 32.1. The van der Waals surface area contributed by atoms with Gasteiger partial charge in [-0.05, 0) is 6.07 Å². The molecule has 126 valence electrons. The van der Waals surface area contributed by atoms with Gasteiger partial charge >= 0.3 is 11.7 Å². The lowest BCUT2D eigenvalue weighted by Gasteiger charge is -2.36. The third-order valence-electron chi connectivity index (χ3n) is 3.83. The van der Waals surface area contributed by atoms with Crippen LogP contribution >= 0.6 is 12.9 Å². The van der Waals surface area contributed by atoms with Gasteiger partial charge in [-0.3, -0.25) is 19.8 Å². The Balaban J connectivity index is 1.95. The second-order valence-corrected chi connectivity index (χ2v) is 5.34. The number of nitro groups is 1. The van der Waals surface area contributed by atoms with Crippen LogP contribution in [0.1, 0.15) is 6.42 Å². The first-order valence-electron chi connectivity index (χ1n) is 7.19. The molecule has 1 aliphatic heterocycles. The average Bonchev–Trinajstić information content (AvgIpc) is 2.59. The Morgan fingerprint density at radius 1 is 1.35 bits per heavy atom. The summed E-state index contributed by atoms with van der Waals surface area (Å²) in [5, 5.41) is 10.9. The van der Waals surface area contributed by atoms with Crippen LogP contribution in [-0.4, -0.2) is 55.6 Å². The minimum atomic E-state index is -0.457. The summed E-state index contributed by atoms with van der Waals surface area (Å²) in [6, 6.07) is 4.88. The molecule has 2 rings (SSSR count). The zero-order valence-electron chi connectivity index (χ0n) is 12.8. The van der Waals surface area contributed by atoms with E-state index in [1.807, 2.05) is 0 Å². The topological polar surface area (TPSA) is 85.2 Å². The van der Waals surface area contributed by atoms with Crippen molar-refractivity contribution in [3.05, 3.63) is 28.3 Å². The Morgan fingerprint density at radius 3 is 2.61 bits per heavy atom. The molecule has 0 unspecified atom stereocenters. The van der Waals surface area contributed by atoms with Gasteiger partial charge in [0.1, 0.15) is 0 Å². The molecule has 23 heavy (non-hydrogen) atoms. The summed E-state index contributed by atoms with van der Waals surface area (Å²) < 4.78 is 9.44. The van der Waals surface area contributed by atoms with E-state index in [1.54, 1.807) is 12.1 Å². The van der Waals surface area contributed by atoms with Crippen molar-refractivity contribution in [1.82, 2.24) is 4.90 Å². The second kappa shape index (κ2) is 8.02. The van der Waals surface area contributed by atoms with Gasteiger partial charge in [-0.1, -0.05) is 0 Å². The molecule has 8 nitrogen and oxygen atoms in total. The number of ether oxygens (including phenoxy) is 1. The molecule has 0 amide bonds. The number of anilines is 1. The molecule has 1 saturated heterocycles. The summed E-state index contributed by atoms with van der Waals surface area (Å²) in [6.07, 6.45) is 0.314. The van der Waals surface area contributed by atoms with Crippen molar-refractivity contribution in [3.8, 4) is 5.75 Å². The van der Waals surface area contributed by atoms with Crippen molar-refractivity contribution in [2.75, 3.05) is 44.7 Å². The molecule has 1 aromatic carbocycles. The molecule has 0 radical (unpaired) electrons. The first kappa shape index (κ1) is 17.4. The number of carbonyl (C=O) groups excluding carboxylic acids is 1. The van der Waals surface area contributed by atoms with E-state index in [-0.39, 0.29) is 17.4 Å². The standard InChI is InChI=1S/C14H19N3O5S/c1-21-13-10-11(2-3-12(13)17(19)20)16-8-6-15(7-9-16)5-4-14(18)22-23/h2-3,10,23H,4-9H2,1H3. The van der Waals surface area contributed by atoms with Gasteiger partial charge in [0, 0.05) is 63.5 Å². The molecular formula is C14H19N3O5S. The lowest BCUT2D eigenvalue weighted by Crippen LogP contribution is -2.46. The average molecular weight is 341 g/mol. The van der Waals surface area contributed by atoms with Gasteiger partial charge in [0.25, 0.3) is 0 Å². The molecule has 1 fully saturated rings. The first-order chi connectivity index (χ1) is 11.0. The van der Waals surface area contributed by atoms with Crippen molar-refractivity contribution in [1.29, 1.82) is 0 Å². The summed E-state index contributed by atoms with van der Waals surface area (Å²) in [4.78, 5) is 25.9. The summed E-state index contributed by atoms with van der Waals surface area (Å²) in [5.41, 5.74) is 0.849. The highest BCUT2D eigenvalue weighted by molar-refractivity contribution is 7.75. The molecule has 0 aromatic heterocycles. The maximum absolute atomic E-state index is 11.1. The number of rotatable bonds is 6. The fraction of sp³-hybridized carbons (Fsp3) is 0.500. The minimum absolute atomic E-state index is 0.0415. The lowest BCUT2D eigenvalue weighted by molar-refractivity contribution is -0.385. The number of nitrogens with zero attached hydrogens (tertiary/aromatic N) is 3. The van der Waals surface area contributed by atoms with Gasteiger partial charge in [-0.2, -0.15) is 0 Å². The summed E-state index contributed by atoms with van der Waals surface area (Å²) >= 11 is 3.48. The first-order valence-corrected chi connectivity index (χ1v) is 7.55. The van der Waals surface area contributed by atoms with Crippen LogP contribution in [0.15, 0.2) is 18.2 Å². The molecule has 0 aliphatic carbocycles. The van der Waals surface area contributed by atoms with Crippen molar-refractivity contribution < 1.29 is 18.6 Å². The van der Waals surface area contributed by atoms with Crippen LogP contribution in [0.3, 0.4) is 0 Å². The maximum Gasteiger partial charge on any atom is 0.318 e. The monoisotopic (exact) mass is 341 g/mol. The van der Waals surface area contributed by atoms with E-state index in [9.17, 15) is 14.9 Å². The largest absolute Gasteiger partial charge is 0.490 e. The molecule has 9 heteroatoms. The Morgan fingerprint density at radius 2 is 2.04 bits per heavy atom. The maximum atomic E-state index is 11.1. The number of nitro benzene ring substituents is 1. The van der Waals surface area contributed by atoms with Gasteiger partial charge in [0.15, 0.2) is 5.75 Å². The molecular weight excluding hydrogens is 322 g/mol. The Hall–Kier alpha value is -2.00. The van der Waals surface area contributed by atoms with Crippen molar-refractivity contribution in [3.63, 3.8) is 0 Å². The van der Waals surface area contributed by atoms with Gasteiger partial charge in [0.2, 0.25) is 0 Å². The van der Waals surface area contributed by atoms with Crippen molar-refractivity contribution >= 4 is 30.3 Å². The minimum Gasteiger partial charge on any atom is -0.490 e. The number of benzene rings is 1. The number of carbonyl (C=O) groups is 1. The molecule has 1 aromatic rings. The van der Waals surface area contributed by atoms with Crippen LogP contribution in [0.2, 0.25) is 0 Å². The van der Waals surface area contributed by atoms with Crippen molar-refractivity contribution in [2.45, 2.75) is 6.42 Å². The van der Waals surface area contributed by atoms with Crippen LogP contribution < -0.4 is 9.64 Å². The van der Waals surface area contributed by atoms with Crippen LogP contribution in [0.25, 0.3) is 0 Å². The van der Waals surface area contributed by atoms with Crippen molar-refractivity contribution in [2.24, 2.45) is 0 Å². The lowest BCUT2D eigenvalue weighted by atomic mass is 10.2. The SMILES string of the molecule is COc1cc(N2CCN(CCC(=O)OS)CC2)ccc1[N+](=O)[O-]. The van der Waals surface area contributed by atoms with Gasteiger partial charge in [-0.15, -0.1) is 0 Å². The third kappa shape index (κ3) is 4.49. The van der Waals surface area contributed by atoms with Gasteiger partial charge in [0.05, 0.1) is 18.5 Å². The van der Waals surface area contributed by atoms with Gasteiger partial charge in [-0.25, -0.2) is 0 Å². The fourth-order valence-corrected chi connectivity index (χ4v) is 2.63. The predicted octanol–water partition coefficient (Wildman–Crippen LogP) is 1.50. The number of methoxy groups -OCH3 is 1. The van der Waals surface area contributed by atoms with Crippen LogP contribution in [-0.2, 0) is 8.98 Å². The van der Waals surface area contributed by atoms with E-state index in [0.717, 1.165) is 31.9 Å². The van der Waals surface area contributed by atoms with E-state index in [0.29, 0.717) is 13.0 Å². The number of thiol groups is 1. The fourth-order valence-electron chi connectivity index (χ4n) is 2.54. The number of piperazine rings is 1. The van der Waals surface area contributed by atoms with Gasteiger partial charge < -0.3 is 13.8 Å². The zero-order chi connectivity index (χ0) is 16.8. The molecule has 1 aliphatic rings. The highest BCUT2D eigenvalue weighted by Crippen LogP contribution is 2.31.